The molecule has 132 valence electrons. The van der Waals surface area contributed by atoms with Crippen molar-refractivity contribution in [3.05, 3.63) is 59.0 Å². The molecular weight excluding hydrogens is 361 g/mol. The van der Waals surface area contributed by atoms with Crippen LogP contribution in [-0.4, -0.2) is 24.7 Å². The van der Waals surface area contributed by atoms with Crippen molar-refractivity contribution >= 4 is 21.4 Å². The first-order chi connectivity index (χ1) is 11.8. The molecule has 3 rings (SSSR count). The minimum absolute atomic E-state index is 0.108. The van der Waals surface area contributed by atoms with Gasteiger partial charge in [0.15, 0.2) is 0 Å². The second kappa shape index (κ2) is 7.07. The van der Waals surface area contributed by atoms with Crippen LogP contribution in [0.1, 0.15) is 10.4 Å². The molecule has 2 aromatic heterocycles. The maximum absolute atomic E-state index is 13.1. The number of thiophene rings is 1. The Balaban J connectivity index is 1.63. The van der Waals surface area contributed by atoms with Gasteiger partial charge in [-0.25, -0.2) is 17.5 Å². The van der Waals surface area contributed by atoms with E-state index in [2.05, 4.69) is 9.82 Å². The number of aromatic nitrogens is 2. The summed E-state index contributed by atoms with van der Waals surface area (Å²) in [6.45, 7) is 1.86. The lowest BCUT2D eigenvalue weighted by Crippen LogP contribution is -2.26. The predicted octanol–water partition coefficient (Wildman–Crippen LogP) is 3.12. The molecule has 1 N–H and O–H groups in total. The van der Waals surface area contributed by atoms with Crippen molar-refractivity contribution in [3.63, 3.8) is 0 Å². The topological polar surface area (TPSA) is 64.0 Å². The first-order valence-corrected chi connectivity index (χ1v) is 9.99. The van der Waals surface area contributed by atoms with E-state index in [4.69, 9.17) is 0 Å². The van der Waals surface area contributed by atoms with Crippen molar-refractivity contribution in [1.82, 2.24) is 14.5 Å². The van der Waals surface area contributed by atoms with Crippen molar-refractivity contribution in [2.75, 3.05) is 6.54 Å². The van der Waals surface area contributed by atoms with E-state index in [0.29, 0.717) is 12.0 Å². The molecule has 0 spiro atoms. The lowest BCUT2D eigenvalue weighted by molar-refractivity contribution is 0.580. The highest BCUT2D eigenvalue weighted by Crippen LogP contribution is 2.27. The zero-order chi connectivity index (χ0) is 18.0. The summed E-state index contributed by atoms with van der Waals surface area (Å²) in [5, 5.41) is 4.15. The van der Waals surface area contributed by atoms with Gasteiger partial charge in [0.1, 0.15) is 5.82 Å². The lowest BCUT2D eigenvalue weighted by Gasteiger charge is -2.08. The van der Waals surface area contributed by atoms with Crippen LogP contribution < -0.4 is 4.72 Å². The monoisotopic (exact) mass is 379 g/mol. The van der Waals surface area contributed by atoms with Gasteiger partial charge in [0, 0.05) is 35.1 Å². The van der Waals surface area contributed by atoms with Crippen LogP contribution >= 0.6 is 11.3 Å². The maximum atomic E-state index is 13.1. The highest BCUT2D eigenvalue weighted by molar-refractivity contribution is 7.89. The van der Waals surface area contributed by atoms with Gasteiger partial charge in [0.2, 0.25) is 10.0 Å². The van der Waals surface area contributed by atoms with Gasteiger partial charge in [-0.2, -0.15) is 5.10 Å². The van der Waals surface area contributed by atoms with Gasteiger partial charge in [-0.1, -0.05) is 0 Å². The van der Waals surface area contributed by atoms with Gasteiger partial charge in [-0.3, -0.25) is 4.68 Å². The third kappa shape index (κ3) is 4.15. The fourth-order valence-corrected chi connectivity index (χ4v) is 4.75. The van der Waals surface area contributed by atoms with Crippen molar-refractivity contribution < 1.29 is 12.8 Å². The fraction of sp³-hybridized carbons (Fsp3) is 0.235. The average Bonchev–Trinajstić information content (AvgIpc) is 3.15. The van der Waals surface area contributed by atoms with Crippen molar-refractivity contribution in [2.45, 2.75) is 18.2 Å². The number of hydrogen-bond donors (Lipinski definition) is 1. The zero-order valence-electron chi connectivity index (χ0n) is 13.9. The quantitative estimate of drug-likeness (QED) is 0.716. The Morgan fingerprint density at radius 2 is 2.08 bits per heavy atom. The van der Waals surface area contributed by atoms with Crippen LogP contribution in [0, 0.1) is 12.7 Å². The summed E-state index contributed by atoms with van der Waals surface area (Å²) in [6, 6.07) is 7.66. The zero-order valence-corrected chi connectivity index (χ0v) is 15.5. The summed E-state index contributed by atoms with van der Waals surface area (Å²) in [5.41, 5.74) is 1.43. The van der Waals surface area contributed by atoms with E-state index in [1.165, 1.54) is 12.1 Å². The molecule has 0 unspecified atom stereocenters. The van der Waals surface area contributed by atoms with Gasteiger partial charge in [-0.05, 0) is 49.2 Å². The van der Waals surface area contributed by atoms with E-state index in [-0.39, 0.29) is 11.4 Å². The number of hydrogen-bond acceptors (Lipinski definition) is 4. The van der Waals surface area contributed by atoms with Crippen molar-refractivity contribution in [1.29, 1.82) is 0 Å². The summed E-state index contributed by atoms with van der Waals surface area (Å²) in [7, 11) is -1.78. The molecule has 25 heavy (non-hydrogen) atoms. The second-order valence-electron chi connectivity index (χ2n) is 5.73. The van der Waals surface area contributed by atoms with Gasteiger partial charge in [0.25, 0.3) is 0 Å². The molecule has 5 nitrogen and oxygen atoms in total. The number of halogens is 1. The number of sulfonamides is 1. The van der Waals surface area contributed by atoms with E-state index >= 15 is 0 Å². The summed E-state index contributed by atoms with van der Waals surface area (Å²) in [5.74, 6) is -0.446. The predicted molar refractivity (Wildman–Crippen MR) is 96.6 cm³/mol. The van der Waals surface area contributed by atoms with E-state index in [1.807, 2.05) is 25.4 Å². The van der Waals surface area contributed by atoms with Crippen LogP contribution in [0.4, 0.5) is 4.39 Å². The molecule has 0 aliphatic carbocycles. The highest BCUT2D eigenvalue weighted by Gasteiger charge is 2.16. The molecule has 0 aliphatic rings. The Morgan fingerprint density at radius 3 is 2.76 bits per heavy atom. The van der Waals surface area contributed by atoms with E-state index in [0.717, 1.165) is 21.4 Å². The standard InChI is InChI=1S/C17H18FN3O2S2/c1-12-9-14(18)3-6-17(12)25(22,23)20-8-7-15-4-5-16(24-15)13-10-19-21(2)11-13/h3-6,9-11,20H,7-8H2,1-2H3. The van der Waals surface area contributed by atoms with Gasteiger partial charge in [-0.15, -0.1) is 11.3 Å². The van der Waals surface area contributed by atoms with Gasteiger partial charge < -0.3 is 0 Å². The Kier molecular flexibility index (Phi) is 5.03. The smallest absolute Gasteiger partial charge is 0.240 e. The van der Waals surface area contributed by atoms with Crippen LogP contribution in [0.15, 0.2) is 47.6 Å². The van der Waals surface area contributed by atoms with Gasteiger partial charge >= 0.3 is 0 Å². The Bertz CT molecular complexity index is 993. The first kappa shape index (κ1) is 17.8. The lowest BCUT2D eigenvalue weighted by atomic mass is 10.2. The summed E-state index contributed by atoms with van der Waals surface area (Å²) in [4.78, 5) is 2.29. The van der Waals surface area contributed by atoms with Crippen molar-refractivity contribution in [3.8, 4) is 10.4 Å². The second-order valence-corrected chi connectivity index (χ2v) is 8.63. The molecule has 0 aliphatic heterocycles. The molecule has 3 aromatic rings. The largest absolute Gasteiger partial charge is 0.275 e. The normalized spacial score (nSPS) is 11.8. The number of nitrogens with one attached hydrogen (secondary N) is 1. The van der Waals surface area contributed by atoms with E-state index < -0.39 is 15.8 Å². The SMILES string of the molecule is Cc1cc(F)ccc1S(=O)(=O)NCCc1ccc(-c2cnn(C)c2)s1. The van der Waals surface area contributed by atoms with E-state index in [1.54, 1.807) is 29.1 Å². The molecule has 0 saturated carbocycles. The number of nitrogens with zero attached hydrogens (tertiary/aromatic N) is 2. The highest BCUT2D eigenvalue weighted by atomic mass is 32.2. The minimum Gasteiger partial charge on any atom is -0.275 e. The molecular formula is C17H18FN3O2S2. The van der Waals surface area contributed by atoms with Gasteiger partial charge in [0.05, 0.1) is 11.1 Å². The van der Waals surface area contributed by atoms with Crippen LogP contribution in [-0.2, 0) is 23.5 Å². The van der Waals surface area contributed by atoms with E-state index in [9.17, 15) is 12.8 Å². The third-order valence-corrected chi connectivity index (χ3v) is 6.56. The fourth-order valence-electron chi connectivity index (χ4n) is 2.52. The summed E-state index contributed by atoms with van der Waals surface area (Å²) in [6.07, 6.45) is 4.33. The average molecular weight is 379 g/mol. The molecule has 0 atom stereocenters. The van der Waals surface area contributed by atoms with Crippen LogP contribution in [0.2, 0.25) is 0 Å². The summed E-state index contributed by atoms with van der Waals surface area (Å²) >= 11 is 1.61. The Hall–Kier alpha value is -2.03. The van der Waals surface area contributed by atoms with Crippen LogP contribution in [0.5, 0.6) is 0 Å². The molecule has 0 fully saturated rings. The minimum atomic E-state index is -3.65. The number of benzene rings is 1. The Labute approximate surface area is 150 Å². The Morgan fingerprint density at radius 1 is 1.28 bits per heavy atom. The molecule has 0 bridgehead atoms. The van der Waals surface area contributed by atoms with Crippen LogP contribution in [0.25, 0.3) is 10.4 Å². The molecule has 8 heteroatoms. The molecule has 0 radical (unpaired) electrons. The third-order valence-electron chi connectivity index (χ3n) is 3.74. The molecule has 0 saturated heterocycles. The van der Waals surface area contributed by atoms with Crippen LogP contribution in [0.3, 0.4) is 0 Å². The molecule has 1 aromatic carbocycles. The maximum Gasteiger partial charge on any atom is 0.240 e. The van der Waals surface area contributed by atoms with Crippen molar-refractivity contribution in [2.24, 2.45) is 7.05 Å². The number of rotatable bonds is 6. The molecule has 2 heterocycles. The molecule has 0 amide bonds. The number of aryl methyl sites for hydroxylation is 2. The first-order valence-electron chi connectivity index (χ1n) is 7.69. The summed E-state index contributed by atoms with van der Waals surface area (Å²) < 4.78 is 42.1.